The van der Waals surface area contributed by atoms with Gasteiger partial charge in [0.15, 0.2) is 0 Å². The van der Waals surface area contributed by atoms with Crippen LogP contribution in [0.2, 0.25) is 6.04 Å². The maximum atomic E-state index is 5.18. The predicted molar refractivity (Wildman–Crippen MR) is 60.0 cm³/mol. The summed E-state index contributed by atoms with van der Waals surface area (Å²) < 4.78 is 9.92. The van der Waals surface area contributed by atoms with Gasteiger partial charge in [-0.25, -0.2) is 0 Å². The van der Waals surface area contributed by atoms with Crippen LogP contribution in [-0.2, 0) is 14.3 Å². The van der Waals surface area contributed by atoms with Gasteiger partial charge >= 0.3 is 0 Å². The lowest BCUT2D eigenvalue weighted by Gasteiger charge is -2.17. The maximum Gasteiger partial charge on any atom is 0.275 e. The summed E-state index contributed by atoms with van der Waals surface area (Å²) in [6, 6.07) is 1.30. The molecule has 0 saturated heterocycles. The van der Waals surface area contributed by atoms with E-state index in [0.29, 0.717) is 12.5 Å². The van der Waals surface area contributed by atoms with E-state index < -0.39 is 0 Å². The van der Waals surface area contributed by atoms with Crippen molar-refractivity contribution >= 4 is 10.2 Å². The molecule has 0 fully saturated rings. The van der Waals surface area contributed by atoms with Crippen LogP contribution < -0.4 is 0 Å². The standard InChI is InChI=1S/C9H21NO3Si/c1-11-9(12-2)5-7-10(13-3)6-4-8-14/h5H,4,6-8H2,1-3,14H3. The van der Waals surface area contributed by atoms with E-state index in [-0.39, 0.29) is 0 Å². The van der Waals surface area contributed by atoms with Crippen LogP contribution in [0, 0.1) is 0 Å². The molecule has 0 aromatic rings. The van der Waals surface area contributed by atoms with Crippen molar-refractivity contribution in [2.75, 3.05) is 34.4 Å². The smallest absolute Gasteiger partial charge is 0.275 e. The summed E-state index contributed by atoms with van der Waals surface area (Å²) in [5.74, 6) is 0.526. The van der Waals surface area contributed by atoms with Crippen molar-refractivity contribution in [2.45, 2.75) is 12.5 Å². The second kappa shape index (κ2) is 9.05. The average molecular weight is 219 g/mol. The van der Waals surface area contributed by atoms with Gasteiger partial charge in [-0.3, -0.25) is 0 Å². The fourth-order valence-electron chi connectivity index (χ4n) is 1.02. The highest BCUT2D eigenvalue weighted by Gasteiger charge is 2.01. The summed E-state index contributed by atoms with van der Waals surface area (Å²) in [7, 11) is 6.11. The fraction of sp³-hybridized carbons (Fsp3) is 0.778. The van der Waals surface area contributed by atoms with Crippen molar-refractivity contribution in [1.82, 2.24) is 5.06 Å². The van der Waals surface area contributed by atoms with Gasteiger partial charge in [-0.15, -0.1) is 0 Å². The number of hydrogen-bond donors (Lipinski definition) is 0. The second-order valence-corrected chi connectivity index (χ2v) is 3.86. The van der Waals surface area contributed by atoms with Crippen LogP contribution in [0.4, 0.5) is 0 Å². The molecule has 0 rings (SSSR count). The lowest BCUT2D eigenvalue weighted by molar-refractivity contribution is -0.123. The number of hydroxylamine groups is 2. The zero-order chi connectivity index (χ0) is 10.8. The molecule has 84 valence electrons. The van der Waals surface area contributed by atoms with Crippen molar-refractivity contribution in [2.24, 2.45) is 0 Å². The molecule has 0 radical (unpaired) electrons. The maximum absolute atomic E-state index is 5.18. The van der Waals surface area contributed by atoms with Gasteiger partial charge in [0.1, 0.15) is 0 Å². The summed E-state index contributed by atoms with van der Waals surface area (Å²) in [4.78, 5) is 5.18. The van der Waals surface area contributed by atoms with Gasteiger partial charge in [-0.2, -0.15) is 5.06 Å². The van der Waals surface area contributed by atoms with Gasteiger partial charge in [-0.05, 0) is 6.42 Å². The number of rotatable bonds is 8. The molecule has 0 amide bonds. The van der Waals surface area contributed by atoms with E-state index >= 15 is 0 Å². The van der Waals surface area contributed by atoms with Crippen LogP contribution in [0.1, 0.15) is 6.42 Å². The number of nitrogens with zero attached hydrogens (tertiary/aromatic N) is 1. The third kappa shape index (κ3) is 6.01. The molecule has 14 heavy (non-hydrogen) atoms. The Balaban J connectivity index is 3.85. The summed E-state index contributed by atoms with van der Waals surface area (Å²) in [6.45, 7) is 1.65. The van der Waals surface area contributed by atoms with Gasteiger partial charge in [0, 0.05) is 29.4 Å². The first-order valence-corrected chi connectivity index (χ1v) is 6.27. The highest BCUT2D eigenvalue weighted by Crippen LogP contribution is 1.99. The summed E-state index contributed by atoms with van der Waals surface area (Å²) in [6.07, 6.45) is 3.04. The first-order valence-electron chi connectivity index (χ1n) is 4.85. The molecule has 0 heterocycles. The molecule has 0 N–H and O–H groups in total. The Labute approximate surface area is 89.2 Å². The Morgan fingerprint density at radius 1 is 1.29 bits per heavy atom. The Hall–Kier alpha value is -0.523. The predicted octanol–water partition coefficient (Wildman–Crippen LogP) is 0.158. The van der Waals surface area contributed by atoms with Crippen molar-refractivity contribution < 1.29 is 14.3 Å². The van der Waals surface area contributed by atoms with Gasteiger partial charge < -0.3 is 14.3 Å². The topological polar surface area (TPSA) is 30.9 Å². The molecule has 0 saturated carbocycles. The minimum absolute atomic E-state index is 0.526. The van der Waals surface area contributed by atoms with Gasteiger partial charge in [0.25, 0.3) is 5.95 Å². The largest absolute Gasteiger partial charge is 0.469 e. The van der Waals surface area contributed by atoms with Crippen molar-refractivity contribution in [3.8, 4) is 0 Å². The fourth-order valence-corrected chi connectivity index (χ4v) is 1.33. The second-order valence-electron chi connectivity index (χ2n) is 2.86. The highest BCUT2D eigenvalue weighted by molar-refractivity contribution is 6.08. The molecule has 0 aromatic carbocycles. The number of methoxy groups -OCH3 is 2. The van der Waals surface area contributed by atoms with Crippen molar-refractivity contribution in [3.63, 3.8) is 0 Å². The zero-order valence-electron chi connectivity index (χ0n) is 9.58. The Morgan fingerprint density at radius 3 is 2.36 bits per heavy atom. The third-order valence-electron chi connectivity index (χ3n) is 1.88. The van der Waals surface area contributed by atoms with E-state index in [2.05, 4.69) is 0 Å². The molecule has 0 aliphatic carbocycles. The molecule has 0 unspecified atom stereocenters. The highest BCUT2D eigenvalue weighted by atomic mass is 28.1. The first-order chi connectivity index (χ1) is 6.78. The lowest BCUT2D eigenvalue weighted by atomic mass is 10.4. The minimum atomic E-state index is 0.526. The molecule has 0 bridgehead atoms. The SMILES string of the molecule is COC(=CCN(CCC[SiH3])OC)OC. The molecule has 0 aromatic heterocycles. The van der Waals surface area contributed by atoms with Crippen LogP contribution >= 0.6 is 0 Å². The summed E-state index contributed by atoms with van der Waals surface area (Å²) in [5.41, 5.74) is 0. The molecule has 0 aliphatic heterocycles. The van der Waals surface area contributed by atoms with Crippen LogP contribution in [0.15, 0.2) is 12.0 Å². The van der Waals surface area contributed by atoms with E-state index in [1.54, 1.807) is 21.3 Å². The van der Waals surface area contributed by atoms with E-state index in [1.165, 1.54) is 22.7 Å². The van der Waals surface area contributed by atoms with E-state index in [1.807, 2.05) is 11.1 Å². The molecular weight excluding hydrogens is 198 g/mol. The Morgan fingerprint density at radius 2 is 1.93 bits per heavy atom. The molecular formula is C9H21NO3Si. The van der Waals surface area contributed by atoms with Crippen LogP contribution in [-0.4, -0.2) is 49.7 Å². The van der Waals surface area contributed by atoms with Gasteiger partial charge in [0.2, 0.25) is 0 Å². The van der Waals surface area contributed by atoms with E-state index in [9.17, 15) is 0 Å². The molecule has 0 spiro atoms. The summed E-state index contributed by atoms with van der Waals surface area (Å²) in [5, 5.41) is 1.88. The first kappa shape index (κ1) is 13.5. The lowest BCUT2D eigenvalue weighted by Crippen LogP contribution is -2.24. The van der Waals surface area contributed by atoms with Crippen LogP contribution in [0.3, 0.4) is 0 Å². The normalized spacial score (nSPS) is 10.3. The van der Waals surface area contributed by atoms with Crippen LogP contribution in [0.25, 0.3) is 0 Å². The summed E-state index contributed by atoms with van der Waals surface area (Å²) >= 11 is 0. The monoisotopic (exact) mass is 219 g/mol. The van der Waals surface area contributed by atoms with Crippen LogP contribution in [0.5, 0.6) is 0 Å². The Bertz CT molecular complexity index is 158. The van der Waals surface area contributed by atoms with Gasteiger partial charge in [-0.1, -0.05) is 6.04 Å². The third-order valence-corrected chi connectivity index (χ3v) is 2.59. The minimum Gasteiger partial charge on any atom is -0.469 e. The molecule has 5 heteroatoms. The number of ether oxygens (including phenoxy) is 2. The van der Waals surface area contributed by atoms with Gasteiger partial charge in [0.05, 0.1) is 21.3 Å². The molecule has 0 atom stereocenters. The zero-order valence-corrected chi connectivity index (χ0v) is 11.6. The number of hydrogen-bond acceptors (Lipinski definition) is 4. The molecule has 0 aliphatic rings. The Kier molecular flexibility index (Phi) is 8.71. The van der Waals surface area contributed by atoms with Crippen molar-refractivity contribution in [3.05, 3.63) is 12.0 Å². The quantitative estimate of drug-likeness (QED) is 0.330. The van der Waals surface area contributed by atoms with E-state index in [4.69, 9.17) is 14.3 Å². The molecule has 4 nitrogen and oxygen atoms in total. The average Bonchev–Trinajstić information content (AvgIpc) is 2.23. The van der Waals surface area contributed by atoms with Crippen molar-refractivity contribution in [1.29, 1.82) is 0 Å². The van der Waals surface area contributed by atoms with E-state index in [0.717, 1.165) is 6.54 Å².